The molecule has 1 spiro atoms. The first-order valence-electron chi connectivity index (χ1n) is 7.58. The molecule has 1 atom stereocenters. The van der Waals surface area contributed by atoms with Gasteiger partial charge in [0.2, 0.25) is 11.8 Å². The number of nitrogens with one attached hydrogen (secondary N) is 1. The largest absolute Gasteiger partial charge is 0.490 e. The van der Waals surface area contributed by atoms with E-state index in [0.29, 0.717) is 26.2 Å². The number of ether oxygens (including phenoxy) is 2. The summed E-state index contributed by atoms with van der Waals surface area (Å²) < 4.78 is 42.4. The number of amides is 2. The molecule has 0 bridgehead atoms. The molecule has 0 radical (unpaired) electrons. The maximum absolute atomic E-state index is 11.6. The zero-order chi connectivity index (χ0) is 20.1. The van der Waals surface area contributed by atoms with Crippen LogP contribution in [0.1, 0.15) is 0 Å². The van der Waals surface area contributed by atoms with Crippen LogP contribution < -0.4 is 5.32 Å². The number of methoxy groups -OCH3 is 1. The van der Waals surface area contributed by atoms with E-state index in [4.69, 9.17) is 19.4 Å². The second kappa shape index (κ2) is 8.64. The molecule has 2 fully saturated rings. The molecule has 2 aliphatic heterocycles. The predicted octanol–water partition coefficient (Wildman–Crippen LogP) is -1.08. The number of aliphatic carboxylic acids is 1. The Labute approximate surface area is 148 Å². The highest BCUT2D eigenvalue weighted by Crippen LogP contribution is 2.30. The molecule has 2 rings (SSSR count). The molecule has 0 aliphatic carbocycles. The summed E-state index contributed by atoms with van der Waals surface area (Å²) in [5, 5.41) is 9.76. The van der Waals surface area contributed by atoms with E-state index in [1.807, 2.05) is 11.9 Å². The van der Waals surface area contributed by atoms with Crippen LogP contribution in [-0.4, -0.2) is 105 Å². The number of nitrogens with zero attached hydrogens (tertiary/aromatic N) is 2. The van der Waals surface area contributed by atoms with E-state index < -0.39 is 12.1 Å². The second-order valence-electron chi connectivity index (χ2n) is 6.02. The van der Waals surface area contributed by atoms with Gasteiger partial charge in [-0.1, -0.05) is 0 Å². The number of carboxylic acids is 1. The lowest BCUT2D eigenvalue weighted by molar-refractivity contribution is -0.202. The highest BCUT2D eigenvalue weighted by molar-refractivity contribution is 5.82. The Hall–Kier alpha value is -1.92. The quantitative estimate of drug-likeness (QED) is 0.636. The summed E-state index contributed by atoms with van der Waals surface area (Å²) in [6.45, 7) is 2.26. The molecule has 2 aliphatic rings. The molecular formula is C14H22F3N3O6. The summed E-state index contributed by atoms with van der Waals surface area (Å²) in [7, 11) is 5.03. The number of carbonyl (C=O) groups excluding carboxylic acids is 2. The highest BCUT2D eigenvalue weighted by atomic mass is 19.4. The molecule has 2 N–H and O–H groups in total. The van der Waals surface area contributed by atoms with Crippen molar-refractivity contribution in [3.8, 4) is 0 Å². The van der Waals surface area contributed by atoms with Crippen LogP contribution in [0.2, 0.25) is 0 Å². The Bertz CT molecular complexity index is 537. The topological polar surface area (TPSA) is 108 Å². The lowest BCUT2D eigenvalue weighted by atomic mass is 9.90. The standard InChI is InChI=1S/C12H21N3O4.C2HF3O2/c1-13-11(17)9-4-19-12(6-14(9)2)7-15(8-12)10(16)5-18-3;3-2(4,5)1(6)7/h9H,4-8H2,1-3H3,(H,13,17);(H,6,7). The van der Waals surface area contributed by atoms with Gasteiger partial charge in [0.05, 0.1) is 19.7 Å². The molecule has 0 aromatic rings. The number of alkyl halides is 3. The fourth-order valence-corrected chi connectivity index (χ4v) is 2.67. The van der Waals surface area contributed by atoms with E-state index in [1.54, 1.807) is 11.9 Å². The Morgan fingerprint density at radius 1 is 1.31 bits per heavy atom. The lowest BCUT2D eigenvalue weighted by Gasteiger charge is -2.54. The van der Waals surface area contributed by atoms with Gasteiger partial charge in [-0.2, -0.15) is 13.2 Å². The molecule has 0 aromatic carbocycles. The number of carboxylic acid groups (broad SMARTS) is 1. The normalized spacial score (nSPS) is 22.1. The van der Waals surface area contributed by atoms with Crippen molar-refractivity contribution < 1.29 is 42.1 Å². The van der Waals surface area contributed by atoms with Crippen molar-refractivity contribution in [2.45, 2.75) is 17.8 Å². The van der Waals surface area contributed by atoms with Crippen molar-refractivity contribution in [3.63, 3.8) is 0 Å². The summed E-state index contributed by atoms with van der Waals surface area (Å²) in [5.41, 5.74) is -0.317. The number of likely N-dealkylation sites (tertiary alicyclic amines) is 1. The van der Waals surface area contributed by atoms with Crippen LogP contribution in [0, 0.1) is 0 Å². The van der Waals surface area contributed by atoms with Crippen LogP contribution in [0.3, 0.4) is 0 Å². The molecule has 0 saturated carbocycles. The van der Waals surface area contributed by atoms with Gasteiger partial charge in [0.25, 0.3) is 0 Å². The smallest absolute Gasteiger partial charge is 0.475 e. The average Bonchev–Trinajstić information content (AvgIpc) is 2.51. The SMILES string of the molecule is CNC(=O)C1COC2(CN(C(=O)COC)C2)CN1C.O=C(O)C(F)(F)F. The highest BCUT2D eigenvalue weighted by Gasteiger charge is 2.51. The predicted molar refractivity (Wildman–Crippen MR) is 81.3 cm³/mol. The molecule has 2 heterocycles. The van der Waals surface area contributed by atoms with Crippen molar-refractivity contribution in [2.24, 2.45) is 0 Å². The summed E-state index contributed by atoms with van der Waals surface area (Å²) in [6.07, 6.45) is -5.08. The third-order valence-corrected chi connectivity index (χ3v) is 3.99. The lowest BCUT2D eigenvalue weighted by Crippen LogP contribution is -2.73. The van der Waals surface area contributed by atoms with Gasteiger partial charge in [0.15, 0.2) is 0 Å². The third-order valence-electron chi connectivity index (χ3n) is 3.99. The van der Waals surface area contributed by atoms with Gasteiger partial charge < -0.3 is 24.8 Å². The van der Waals surface area contributed by atoms with Crippen molar-refractivity contribution in [3.05, 3.63) is 0 Å². The van der Waals surface area contributed by atoms with Crippen LogP contribution in [-0.2, 0) is 23.9 Å². The summed E-state index contributed by atoms with van der Waals surface area (Å²) in [4.78, 5) is 35.9. The summed E-state index contributed by atoms with van der Waals surface area (Å²) in [5.74, 6) is -2.82. The van der Waals surface area contributed by atoms with Crippen LogP contribution in [0.4, 0.5) is 13.2 Å². The zero-order valence-electron chi connectivity index (χ0n) is 14.6. The van der Waals surface area contributed by atoms with Crippen molar-refractivity contribution in [1.82, 2.24) is 15.1 Å². The van der Waals surface area contributed by atoms with E-state index in [1.165, 1.54) is 7.11 Å². The summed E-state index contributed by atoms with van der Waals surface area (Å²) in [6, 6.07) is -0.251. The van der Waals surface area contributed by atoms with Gasteiger partial charge in [0, 0.05) is 20.7 Å². The first kappa shape index (κ1) is 22.1. The number of likely N-dealkylation sites (N-methyl/N-ethyl adjacent to an activating group) is 2. The first-order chi connectivity index (χ1) is 12.0. The van der Waals surface area contributed by atoms with Crippen molar-refractivity contribution >= 4 is 17.8 Å². The van der Waals surface area contributed by atoms with Crippen LogP contribution in [0.5, 0.6) is 0 Å². The van der Waals surface area contributed by atoms with Gasteiger partial charge in [-0.3, -0.25) is 14.5 Å². The van der Waals surface area contributed by atoms with Crippen molar-refractivity contribution in [2.75, 3.05) is 54.1 Å². The Kier molecular flexibility index (Phi) is 7.35. The van der Waals surface area contributed by atoms with Gasteiger partial charge >= 0.3 is 12.1 Å². The molecule has 12 heteroatoms. The Morgan fingerprint density at radius 3 is 2.23 bits per heavy atom. The minimum absolute atomic E-state index is 0.0206. The van der Waals surface area contributed by atoms with Crippen molar-refractivity contribution in [1.29, 1.82) is 0 Å². The van der Waals surface area contributed by atoms with E-state index in [2.05, 4.69) is 5.32 Å². The van der Waals surface area contributed by atoms with Crippen LogP contribution in [0.25, 0.3) is 0 Å². The molecule has 1 unspecified atom stereocenters. The van der Waals surface area contributed by atoms with Gasteiger partial charge in [0.1, 0.15) is 18.2 Å². The van der Waals surface area contributed by atoms with E-state index in [9.17, 15) is 22.8 Å². The zero-order valence-corrected chi connectivity index (χ0v) is 14.6. The number of hydrogen-bond acceptors (Lipinski definition) is 6. The minimum Gasteiger partial charge on any atom is -0.475 e. The molecule has 2 amide bonds. The number of hydrogen-bond donors (Lipinski definition) is 2. The first-order valence-corrected chi connectivity index (χ1v) is 7.58. The maximum atomic E-state index is 11.6. The molecular weight excluding hydrogens is 363 g/mol. The van der Waals surface area contributed by atoms with E-state index in [0.717, 1.165) is 0 Å². The molecule has 0 aromatic heterocycles. The summed E-state index contributed by atoms with van der Waals surface area (Å²) >= 11 is 0. The second-order valence-corrected chi connectivity index (χ2v) is 6.02. The van der Waals surface area contributed by atoms with Crippen LogP contribution in [0.15, 0.2) is 0 Å². The van der Waals surface area contributed by atoms with E-state index >= 15 is 0 Å². The Morgan fingerprint density at radius 2 is 1.85 bits per heavy atom. The molecule has 26 heavy (non-hydrogen) atoms. The number of halogens is 3. The van der Waals surface area contributed by atoms with Gasteiger partial charge in [-0.15, -0.1) is 0 Å². The molecule has 2 saturated heterocycles. The van der Waals surface area contributed by atoms with Crippen LogP contribution >= 0.6 is 0 Å². The number of rotatable bonds is 3. The monoisotopic (exact) mass is 385 g/mol. The fourth-order valence-electron chi connectivity index (χ4n) is 2.67. The Balaban J connectivity index is 0.000000412. The molecule has 150 valence electrons. The molecule has 9 nitrogen and oxygen atoms in total. The number of carbonyl (C=O) groups is 3. The average molecular weight is 385 g/mol. The maximum Gasteiger partial charge on any atom is 0.490 e. The fraction of sp³-hybridized carbons (Fsp3) is 0.786. The third kappa shape index (κ3) is 5.54. The van der Waals surface area contributed by atoms with Gasteiger partial charge in [-0.05, 0) is 7.05 Å². The minimum atomic E-state index is -5.08. The van der Waals surface area contributed by atoms with E-state index in [-0.39, 0.29) is 30.1 Å². The number of morpholine rings is 1. The van der Waals surface area contributed by atoms with Gasteiger partial charge in [-0.25, -0.2) is 4.79 Å².